The van der Waals surface area contributed by atoms with Crippen LogP contribution in [-0.2, 0) is 26.3 Å². The maximum Gasteiger partial charge on any atom is 0.242 e. The highest BCUT2D eigenvalue weighted by molar-refractivity contribution is 7.91. The number of nitrogens with zero attached hydrogens (tertiary/aromatic N) is 1. The molecule has 0 radical (unpaired) electrons. The summed E-state index contributed by atoms with van der Waals surface area (Å²) in [6.45, 7) is 0.763. The van der Waals surface area contributed by atoms with Crippen molar-refractivity contribution < 1.29 is 16.8 Å². The van der Waals surface area contributed by atoms with Crippen molar-refractivity contribution in [3.63, 3.8) is 0 Å². The van der Waals surface area contributed by atoms with E-state index < -0.39 is 19.9 Å². The zero-order chi connectivity index (χ0) is 15.0. The normalized spacial score (nSPS) is 15.2. The average molecular weight is 318 g/mol. The largest absolute Gasteiger partial charge is 0.384 e. The number of benzene rings is 1. The van der Waals surface area contributed by atoms with Crippen LogP contribution in [0, 0.1) is 0 Å². The standard InChI is InChI=1S/C12H18N2O4S2/c1-14(7-8-19(2,15)16)20(17,18)11-3-4-12-10(9-11)5-6-13-12/h3-4,9,13H,5-8H2,1-2H3. The third-order valence-corrected chi connectivity index (χ3v) is 6.05. The van der Waals surface area contributed by atoms with Crippen molar-refractivity contribution in [1.82, 2.24) is 4.31 Å². The first-order valence-corrected chi connectivity index (χ1v) is 9.71. The summed E-state index contributed by atoms with van der Waals surface area (Å²) >= 11 is 0. The first kappa shape index (κ1) is 15.3. The summed E-state index contributed by atoms with van der Waals surface area (Å²) in [6.07, 6.45) is 1.89. The number of fused-ring (bicyclic) bond motifs is 1. The predicted octanol–water partition coefficient (Wildman–Crippen LogP) is 0.320. The molecule has 1 aromatic rings. The quantitative estimate of drug-likeness (QED) is 0.845. The minimum atomic E-state index is -3.64. The Morgan fingerprint density at radius 1 is 1.25 bits per heavy atom. The van der Waals surface area contributed by atoms with E-state index in [1.54, 1.807) is 18.2 Å². The molecule has 0 saturated heterocycles. The van der Waals surface area contributed by atoms with Crippen molar-refractivity contribution in [2.45, 2.75) is 11.3 Å². The highest BCUT2D eigenvalue weighted by atomic mass is 32.2. The topological polar surface area (TPSA) is 83.6 Å². The van der Waals surface area contributed by atoms with Gasteiger partial charge in [-0.15, -0.1) is 0 Å². The molecule has 0 bridgehead atoms. The van der Waals surface area contributed by atoms with Gasteiger partial charge in [0.25, 0.3) is 0 Å². The van der Waals surface area contributed by atoms with Crippen molar-refractivity contribution in [1.29, 1.82) is 0 Å². The Hall–Kier alpha value is -1.12. The number of nitrogens with one attached hydrogen (secondary N) is 1. The lowest BCUT2D eigenvalue weighted by Gasteiger charge is -2.17. The molecule has 0 atom stereocenters. The van der Waals surface area contributed by atoms with Crippen molar-refractivity contribution in [3.8, 4) is 0 Å². The van der Waals surface area contributed by atoms with E-state index in [0.717, 1.165) is 34.8 Å². The summed E-state index contributed by atoms with van der Waals surface area (Å²) in [5.74, 6) is -0.185. The van der Waals surface area contributed by atoms with E-state index in [1.165, 1.54) is 7.05 Å². The molecule has 1 aliphatic heterocycles. The fourth-order valence-electron chi connectivity index (χ4n) is 2.04. The Balaban J connectivity index is 2.21. The monoisotopic (exact) mass is 318 g/mol. The maximum absolute atomic E-state index is 12.4. The number of hydrogen-bond acceptors (Lipinski definition) is 5. The van der Waals surface area contributed by atoms with Gasteiger partial charge in [0.05, 0.1) is 10.6 Å². The SMILES string of the molecule is CN(CCS(C)(=O)=O)S(=O)(=O)c1ccc2c(c1)CCN2. The van der Waals surface area contributed by atoms with E-state index in [9.17, 15) is 16.8 Å². The molecule has 1 aliphatic rings. The minimum absolute atomic E-state index is 0.0451. The van der Waals surface area contributed by atoms with Crippen LogP contribution in [-0.4, -0.2) is 53.3 Å². The van der Waals surface area contributed by atoms with Crippen molar-refractivity contribution >= 4 is 25.5 Å². The van der Waals surface area contributed by atoms with Gasteiger partial charge in [-0.3, -0.25) is 0 Å². The lowest BCUT2D eigenvalue weighted by atomic mass is 10.2. The van der Waals surface area contributed by atoms with E-state index in [-0.39, 0.29) is 17.2 Å². The van der Waals surface area contributed by atoms with Gasteiger partial charge in [0, 0.05) is 32.1 Å². The molecular weight excluding hydrogens is 300 g/mol. The second-order valence-corrected chi connectivity index (χ2v) is 9.26. The van der Waals surface area contributed by atoms with E-state index in [2.05, 4.69) is 5.32 Å². The molecule has 8 heteroatoms. The molecule has 0 saturated carbocycles. The summed E-state index contributed by atoms with van der Waals surface area (Å²) in [6, 6.07) is 4.95. The molecule has 0 unspecified atom stereocenters. The Kier molecular flexibility index (Phi) is 4.08. The van der Waals surface area contributed by atoms with Crippen molar-refractivity contribution in [2.24, 2.45) is 0 Å². The summed E-state index contributed by atoms with van der Waals surface area (Å²) < 4.78 is 48.0. The molecular formula is C12H18N2O4S2. The van der Waals surface area contributed by atoms with Crippen molar-refractivity contribution in [2.75, 3.05) is 37.5 Å². The molecule has 1 heterocycles. The van der Waals surface area contributed by atoms with Crippen LogP contribution in [0.3, 0.4) is 0 Å². The van der Waals surface area contributed by atoms with Gasteiger partial charge >= 0.3 is 0 Å². The van der Waals surface area contributed by atoms with Gasteiger partial charge in [0.2, 0.25) is 10.0 Å². The summed E-state index contributed by atoms with van der Waals surface area (Å²) in [4.78, 5) is 0.205. The first-order chi connectivity index (χ1) is 9.20. The van der Waals surface area contributed by atoms with E-state index in [4.69, 9.17) is 0 Å². The van der Waals surface area contributed by atoms with Gasteiger partial charge in [-0.2, -0.15) is 4.31 Å². The summed E-state index contributed by atoms with van der Waals surface area (Å²) in [7, 11) is -5.43. The average Bonchev–Trinajstić information content (AvgIpc) is 2.81. The van der Waals surface area contributed by atoms with Gasteiger partial charge in [-0.1, -0.05) is 0 Å². The number of sulfonamides is 1. The summed E-state index contributed by atoms with van der Waals surface area (Å²) in [5, 5.41) is 3.17. The number of rotatable bonds is 5. The second-order valence-electron chi connectivity index (χ2n) is 4.95. The molecule has 0 spiro atoms. The maximum atomic E-state index is 12.4. The van der Waals surface area contributed by atoms with Gasteiger partial charge in [-0.05, 0) is 30.2 Å². The molecule has 1 aromatic carbocycles. The van der Waals surface area contributed by atoms with Crippen LogP contribution in [0.15, 0.2) is 23.1 Å². The van der Waals surface area contributed by atoms with Crippen LogP contribution >= 0.6 is 0 Å². The fourth-order valence-corrected chi connectivity index (χ4v) is 3.98. The molecule has 1 N–H and O–H groups in total. The lowest BCUT2D eigenvalue weighted by Crippen LogP contribution is -2.31. The molecule has 0 aromatic heterocycles. The van der Waals surface area contributed by atoms with Crippen LogP contribution in [0.25, 0.3) is 0 Å². The fraction of sp³-hybridized carbons (Fsp3) is 0.500. The van der Waals surface area contributed by atoms with Gasteiger partial charge in [0.15, 0.2) is 0 Å². The predicted molar refractivity (Wildman–Crippen MR) is 78.2 cm³/mol. The molecule has 6 nitrogen and oxygen atoms in total. The van der Waals surface area contributed by atoms with Crippen LogP contribution < -0.4 is 5.32 Å². The summed E-state index contributed by atoms with van der Waals surface area (Å²) in [5.41, 5.74) is 1.94. The van der Waals surface area contributed by atoms with Gasteiger partial charge in [-0.25, -0.2) is 16.8 Å². The highest BCUT2D eigenvalue weighted by Crippen LogP contribution is 2.26. The molecule has 112 valence electrons. The zero-order valence-corrected chi connectivity index (χ0v) is 13.1. The van der Waals surface area contributed by atoms with E-state index >= 15 is 0 Å². The van der Waals surface area contributed by atoms with Crippen LogP contribution in [0.4, 0.5) is 5.69 Å². The van der Waals surface area contributed by atoms with E-state index in [0.29, 0.717) is 0 Å². The number of hydrogen-bond donors (Lipinski definition) is 1. The molecule has 0 fully saturated rings. The van der Waals surface area contributed by atoms with Crippen LogP contribution in [0.1, 0.15) is 5.56 Å². The first-order valence-electron chi connectivity index (χ1n) is 6.21. The minimum Gasteiger partial charge on any atom is -0.384 e. The van der Waals surface area contributed by atoms with Crippen LogP contribution in [0.2, 0.25) is 0 Å². The molecule has 0 aliphatic carbocycles. The lowest BCUT2D eigenvalue weighted by molar-refractivity contribution is 0.485. The number of sulfone groups is 1. The molecule has 20 heavy (non-hydrogen) atoms. The number of anilines is 1. The van der Waals surface area contributed by atoms with Gasteiger partial charge < -0.3 is 5.32 Å². The van der Waals surface area contributed by atoms with Crippen LogP contribution in [0.5, 0.6) is 0 Å². The second kappa shape index (κ2) is 5.34. The zero-order valence-electron chi connectivity index (χ0n) is 11.5. The Bertz CT molecular complexity index is 711. The highest BCUT2D eigenvalue weighted by Gasteiger charge is 2.23. The van der Waals surface area contributed by atoms with Gasteiger partial charge in [0.1, 0.15) is 9.84 Å². The van der Waals surface area contributed by atoms with E-state index in [1.807, 2.05) is 0 Å². The Morgan fingerprint density at radius 3 is 2.60 bits per heavy atom. The smallest absolute Gasteiger partial charge is 0.242 e. The van der Waals surface area contributed by atoms with Crippen molar-refractivity contribution in [3.05, 3.63) is 23.8 Å². The third-order valence-electron chi connectivity index (χ3n) is 3.27. The Labute approximate surface area is 119 Å². The Morgan fingerprint density at radius 2 is 1.95 bits per heavy atom. The molecule has 0 amide bonds. The molecule has 2 rings (SSSR count). The third kappa shape index (κ3) is 3.31.